The fourth-order valence-electron chi connectivity index (χ4n) is 3.60. The lowest BCUT2D eigenvalue weighted by molar-refractivity contribution is -0.124. The number of carbonyl (C=O) groups is 2. The van der Waals surface area contributed by atoms with Gasteiger partial charge < -0.3 is 19.7 Å². The summed E-state index contributed by atoms with van der Waals surface area (Å²) in [6, 6.07) is 12.9. The third-order valence-electron chi connectivity index (χ3n) is 4.90. The maximum absolute atomic E-state index is 13.1. The third kappa shape index (κ3) is 2.92. The number of fused-ring (bicyclic) bond motifs is 3. The minimum Gasteiger partial charge on any atom is -0.493 e. The van der Waals surface area contributed by atoms with Crippen molar-refractivity contribution in [2.75, 3.05) is 20.0 Å². The van der Waals surface area contributed by atoms with E-state index in [1.165, 1.54) is 7.11 Å². The van der Waals surface area contributed by atoms with E-state index in [1.807, 2.05) is 36.4 Å². The Labute approximate surface area is 161 Å². The predicted molar refractivity (Wildman–Crippen MR) is 103 cm³/mol. The van der Waals surface area contributed by atoms with Crippen LogP contribution in [0, 0.1) is 0 Å². The molecule has 0 aliphatic carbocycles. The number of nitrogens with one attached hydrogen (secondary N) is 1. The third-order valence-corrected chi connectivity index (χ3v) is 6.21. The zero-order valence-electron chi connectivity index (χ0n) is 15.1. The Balaban J connectivity index is 1.56. The Morgan fingerprint density at radius 1 is 1.19 bits per heavy atom. The van der Waals surface area contributed by atoms with E-state index in [1.54, 1.807) is 29.8 Å². The molecule has 1 saturated heterocycles. The average molecular weight is 384 g/mol. The Kier molecular flexibility index (Phi) is 4.70. The van der Waals surface area contributed by atoms with Gasteiger partial charge in [-0.05, 0) is 11.6 Å². The first-order valence-corrected chi connectivity index (χ1v) is 9.71. The molecule has 140 valence electrons. The number of thioether (sulfide) groups is 1. The van der Waals surface area contributed by atoms with Gasteiger partial charge in [0.1, 0.15) is 11.4 Å². The number of amides is 2. The van der Waals surface area contributed by atoms with E-state index >= 15 is 0 Å². The van der Waals surface area contributed by atoms with Crippen LogP contribution in [0.5, 0.6) is 11.5 Å². The zero-order chi connectivity index (χ0) is 19.0. The van der Waals surface area contributed by atoms with Crippen molar-refractivity contribution in [3.8, 4) is 11.5 Å². The van der Waals surface area contributed by atoms with Gasteiger partial charge in [0.05, 0.1) is 19.8 Å². The molecule has 0 bridgehead atoms. The molecular weight excluding hydrogens is 364 g/mol. The minimum absolute atomic E-state index is 0.138. The summed E-state index contributed by atoms with van der Waals surface area (Å²) in [6.45, 7) is 0.442. The largest absolute Gasteiger partial charge is 0.493 e. The van der Waals surface area contributed by atoms with E-state index in [-0.39, 0.29) is 17.2 Å². The standard InChI is InChI=1S/C20H20N2O4S/c1-25-15-9-8-13-16(17(15)26-2)19(24)22-14(11-27-20(13)22)18(23)21-10-12-6-4-3-5-7-12/h3-9,14,20H,10-11H2,1-2H3,(H,21,23)/t14-,20+/m1/s1. The monoisotopic (exact) mass is 384 g/mol. The molecule has 2 aliphatic heterocycles. The van der Waals surface area contributed by atoms with Crippen molar-refractivity contribution in [2.45, 2.75) is 18.0 Å². The number of carbonyl (C=O) groups excluding carboxylic acids is 2. The lowest BCUT2D eigenvalue weighted by Crippen LogP contribution is -2.45. The summed E-state index contributed by atoms with van der Waals surface area (Å²) in [5.41, 5.74) is 2.39. The highest BCUT2D eigenvalue weighted by molar-refractivity contribution is 7.99. The highest BCUT2D eigenvalue weighted by atomic mass is 32.2. The van der Waals surface area contributed by atoms with Crippen LogP contribution in [0.15, 0.2) is 42.5 Å². The number of nitrogens with zero attached hydrogens (tertiary/aromatic N) is 1. The van der Waals surface area contributed by atoms with Gasteiger partial charge in [-0.15, -0.1) is 11.8 Å². The first-order valence-electron chi connectivity index (χ1n) is 8.66. The van der Waals surface area contributed by atoms with E-state index in [0.717, 1.165) is 11.1 Å². The molecule has 1 N–H and O–H groups in total. The maximum Gasteiger partial charge on any atom is 0.260 e. The number of methoxy groups -OCH3 is 2. The Bertz CT molecular complexity index is 887. The van der Waals surface area contributed by atoms with E-state index in [0.29, 0.717) is 29.4 Å². The minimum atomic E-state index is -0.501. The van der Waals surface area contributed by atoms with Crippen LogP contribution >= 0.6 is 11.8 Å². The van der Waals surface area contributed by atoms with Crippen LogP contribution in [0.4, 0.5) is 0 Å². The Morgan fingerprint density at radius 3 is 2.67 bits per heavy atom. The second kappa shape index (κ2) is 7.15. The maximum atomic E-state index is 13.1. The van der Waals surface area contributed by atoms with E-state index in [4.69, 9.17) is 9.47 Å². The predicted octanol–water partition coefficient (Wildman–Crippen LogP) is 2.59. The van der Waals surface area contributed by atoms with Crippen molar-refractivity contribution < 1.29 is 19.1 Å². The summed E-state index contributed by atoms with van der Waals surface area (Å²) in [5, 5.41) is 2.78. The molecular formula is C20H20N2O4S. The molecule has 7 heteroatoms. The van der Waals surface area contributed by atoms with Crippen molar-refractivity contribution in [1.29, 1.82) is 0 Å². The molecule has 2 aromatic carbocycles. The van der Waals surface area contributed by atoms with E-state index in [9.17, 15) is 9.59 Å². The second-order valence-electron chi connectivity index (χ2n) is 6.38. The molecule has 0 radical (unpaired) electrons. The van der Waals surface area contributed by atoms with Crippen LogP contribution in [0.3, 0.4) is 0 Å². The van der Waals surface area contributed by atoms with Crippen molar-refractivity contribution in [2.24, 2.45) is 0 Å². The summed E-state index contributed by atoms with van der Waals surface area (Å²) in [6.07, 6.45) is 0. The average Bonchev–Trinajstić information content (AvgIpc) is 3.26. The van der Waals surface area contributed by atoms with Crippen LogP contribution in [0.1, 0.15) is 26.9 Å². The second-order valence-corrected chi connectivity index (χ2v) is 7.50. The van der Waals surface area contributed by atoms with Gasteiger partial charge in [-0.2, -0.15) is 0 Å². The first kappa shape index (κ1) is 17.7. The molecule has 6 nitrogen and oxygen atoms in total. The highest BCUT2D eigenvalue weighted by Gasteiger charge is 2.50. The van der Waals surface area contributed by atoms with Crippen molar-refractivity contribution >= 4 is 23.6 Å². The number of benzene rings is 2. The molecule has 2 aliphatic rings. The van der Waals surface area contributed by atoms with E-state index < -0.39 is 6.04 Å². The van der Waals surface area contributed by atoms with E-state index in [2.05, 4.69) is 5.32 Å². The van der Waals surface area contributed by atoms with Crippen LogP contribution in [-0.4, -0.2) is 42.7 Å². The molecule has 2 aromatic rings. The first-order chi connectivity index (χ1) is 13.2. The van der Waals surface area contributed by atoms with Crippen LogP contribution in [0.2, 0.25) is 0 Å². The Morgan fingerprint density at radius 2 is 1.96 bits per heavy atom. The lowest BCUT2D eigenvalue weighted by atomic mass is 10.1. The molecule has 0 aromatic heterocycles. The van der Waals surface area contributed by atoms with Gasteiger partial charge in [-0.1, -0.05) is 36.4 Å². The van der Waals surface area contributed by atoms with Gasteiger partial charge in [-0.3, -0.25) is 9.59 Å². The normalized spacial score (nSPS) is 20.2. The number of hydrogen-bond donors (Lipinski definition) is 1. The lowest BCUT2D eigenvalue weighted by Gasteiger charge is -2.22. The summed E-state index contributed by atoms with van der Waals surface area (Å²) >= 11 is 1.60. The molecule has 27 heavy (non-hydrogen) atoms. The molecule has 2 atom stereocenters. The van der Waals surface area contributed by atoms with Crippen LogP contribution in [0.25, 0.3) is 0 Å². The summed E-state index contributed by atoms with van der Waals surface area (Å²) < 4.78 is 10.7. The molecule has 4 rings (SSSR count). The molecule has 0 spiro atoms. The van der Waals surface area contributed by atoms with Crippen LogP contribution < -0.4 is 14.8 Å². The summed E-state index contributed by atoms with van der Waals surface area (Å²) in [7, 11) is 3.06. The van der Waals surface area contributed by atoms with Gasteiger partial charge in [-0.25, -0.2) is 0 Å². The topological polar surface area (TPSA) is 67.9 Å². The fourth-order valence-corrected chi connectivity index (χ4v) is 5.05. The van der Waals surface area contributed by atoms with Crippen molar-refractivity contribution in [3.63, 3.8) is 0 Å². The quantitative estimate of drug-likeness (QED) is 0.858. The molecule has 0 unspecified atom stereocenters. The number of hydrogen-bond acceptors (Lipinski definition) is 5. The molecule has 2 amide bonds. The van der Waals surface area contributed by atoms with Gasteiger partial charge >= 0.3 is 0 Å². The zero-order valence-corrected chi connectivity index (χ0v) is 15.9. The number of ether oxygens (including phenoxy) is 2. The van der Waals surface area contributed by atoms with Crippen LogP contribution in [-0.2, 0) is 11.3 Å². The number of rotatable bonds is 5. The van der Waals surface area contributed by atoms with Gasteiger partial charge in [0.2, 0.25) is 5.91 Å². The summed E-state index contributed by atoms with van der Waals surface area (Å²) in [4.78, 5) is 27.5. The van der Waals surface area contributed by atoms with Gasteiger partial charge in [0.15, 0.2) is 11.5 Å². The van der Waals surface area contributed by atoms with Gasteiger partial charge in [0.25, 0.3) is 5.91 Å². The Hall–Kier alpha value is -2.67. The van der Waals surface area contributed by atoms with Crippen molar-refractivity contribution in [3.05, 3.63) is 59.2 Å². The SMILES string of the molecule is COc1ccc2c(c1OC)C(=O)N1[C@@H](C(=O)NCc3ccccc3)CS[C@@H]21. The summed E-state index contributed by atoms with van der Waals surface area (Å²) in [5.74, 6) is 1.20. The molecule has 0 saturated carbocycles. The molecule has 2 heterocycles. The van der Waals surface area contributed by atoms with Crippen molar-refractivity contribution in [1.82, 2.24) is 10.2 Å². The van der Waals surface area contributed by atoms with Gasteiger partial charge in [0, 0.05) is 17.9 Å². The highest BCUT2D eigenvalue weighted by Crippen LogP contribution is 2.52. The smallest absolute Gasteiger partial charge is 0.260 e. The fraction of sp³-hybridized carbons (Fsp3) is 0.300. The molecule has 1 fully saturated rings.